The van der Waals surface area contributed by atoms with Gasteiger partial charge in [0.15, 0.2) is 11.5 Å². The van der Waals surface area contributed by atoms with Crippen LogP contribution >= 0.6 is 0 Å². The van der Waals surface area contributed by atoms with Crippen LogP contribution in [-0.4, -0.2) is 32.1 Å². The third-order valence-electron chi connectivity index (χ3n) is 2.68. The van der Waals surface area contributed by atoms with E-state index >= 15 is 0 Å². The van der Waals surface area contributed by atoms with E-state index in [-0.39, 0.29) is 17.4 Å². The van der Waals surface area contributed by atoms with Gasteiger partial charge in [0.1, 0.15) is 11.8 Å². The molecule has 98 valence electrons. The fourth-order valence-electron chi connectivity index (χ4n) is 1.80. The Bertz CT molecular complexity index is 746. The van der Waals surface area contributed by atoms with Crippen molar-refractivity contribution in [2.45, 2.75) is 6.54 Å². The minimum Gasteiger partial charge on any atom is -0.504 e. The van der Waals surface area contributed by atoms with Gasteiger partial charge in [0.25, 0.3) is 0 Å². The summed E-state index contributed by atoms with van der Waals surface area (Å²) in [7, 11) is 0. The topological polar surface area (TPSA) is 117 Å². The second kappa shape index (κ2) is 4.45. The highest BCUT2D eigenvalue weighted by molar-refractivity contribution is 5.93. The second-order valence-corrected chi connectivity index (χ2v) is 3.85. The van der Waals surface area contributed by atoms with E-state index in [2.05, 4.69) is 0 Å². The molecule has 0 saturated carbocycles. The first kappa shape index (κ1) is 12.6. The van der Waals surface area contributed by atoms with Crippen LogP contribution in [0.5, 0.6) is 11.5 Å². The Hall–Kier alpha value is -2.83. The minimum atomic E-state index is -1.43. The van der Waals surface area contributed by atoms with Crippen molar-refractivity contribution in [3.63, 3.8) is 0 Å². The van der Waals surface area contributed by atoms with Gasteiger partial charge in [-0.05, 0) is 6.07 Å². The van der Waals surface area contributed by atoms with Crippen LogP contribution in [-0.2, 0) is 11.3 Å². The van der Waals surface area contributed by atoms with Crippen molar-refractivity contribution in [3.8, 4) is 11.5 Å². The van der Waals surface area contributed by atoms with Crippen LogP contribution in [0.3, 0.4) is 0 Å². The Morgan fingerprint density at radius 2 is 1.89 bits per heavy atom. The summed E-state index contributed by atoms with van der Waals surface area (Å²) in [4.78, 5) is 33.5. The third-order valence-corrected chi connectivity index (χ3v) is 2.68. The number of carbonyl (C=O) groups is 2. The number of aromatic hydroxyl groups is 2. The largest absolute Gasteiger partial charge is 0.504 e. The maximum absolute atomic E-state index is 11.9. The van der Waals surface area contributed by atoms with E-state index in [4.69, 9.17) is 5.11 Å². The molecule has 1 heterocycles. The molecule has 0 aliphatic carbocycles. The van der Waals surface area contributed by atoms with Gasteiger partial charge >= 0.3 is 5.97 Å². The lowest BCUT2D eigenvalue weighted by molar-refractivity contribution is -0.108. The van der Waals surface area contributed by atoms with E-state index in [1.54, 1.807) is 0 Å². The summed E-state index contributed by atoms with van der Waals surface area (Å²) in [5.41, 5.74) is -1.14. The number of nitrogens with zero attached hydrogens (tertiary/aromatic N) is 1. The molecule has 2 rings (SSSR count). The van der Waals surface area contributed by atoms with Gasteiger partial charge in [-0.25, -0.2) is 4.79 Å². The summed E-state index contributed by atoms with van der Waals surface area (Å²) < 4.78 is 1.21. The van der Waals surface area contributed by atoms with Gasteiger partial charge < -0.3 is 24.7 Å². The Morgan fingerprint density at radius 3 is 2.47 bits per heavy atom. The van der Waals surface area contributed by atoms with Crippen molar-refractivity contribution < 1.29 is 24.9 Å². The minimum absolute atomic E-state index is 0.0861. The van der Waals surface area contributed by atoms with Gasteiger partial charge in [-0.3, -0.25) is 4.79 Å². The highest BCUT2D eigenvalue weighted by atomic mass is 16.4. The lowest BCUT2D eigenvalue weighted by atomic mass is 10.1. The summed E-state index contributed by atoms with van der Waals surface area (Å²) in [5.74, 6) is -2.43. The summed E-state index contributed by atoms with van der Waals surface area (Å²) in [5, 5.41) is 27.6. The van der Waals surface area contributed by atoms with Gasteiger partial charge in [0, 0.05) is 12.3 Å². The molecular formula is C12H9NO6. The molecule has 0 saturated heterocycles. The number of phenols is 2. The number of aromatic nitrogens is 1. The van der Waals surface area contributed by atoms with E-state index in [0.717, 1.165) is 18.3 Å². The van der Waals surface area contributed by atoms with E-state index in [1.807, 2.05) is 0 Å². The molecule has 0 unspecified atom stereocenters. The number of aromatic carboxylic acids is 1. The number of carbonyl (C=O) groups excluding carboxylic acids is 1. The molecule has 0 aliphatic rings. The van der Waals surface area contributed by atoms with Crippen molar-refractivity contribution in [2.24, 2.45) is 0 Å². The van der Waals surface area contributed by atoms with Gasteiger partial charge in [-0.1, -0.05) is 0 Å². The van der Waals surface area contributed by atoms with Crippen LogP contribution < -0.4 is 5.43 Å². The first-order chi connectivity index (χ1) is 8.95. The number of carboxylic acids is 1. The van der Waals surface area contributed by atoms with Crippen molar-refractivity contribution in [3.05, 3.63) is 34.1 Å². The second-order valence-electron chi connectivity index (χ2n) is 3.85. The van der Waals surface area contributed by atoms with E-state index in [1.165, 1.54) is 4.57 Å². The molecule has 3 N–H and O–H groups in total. The molecule has 0 aliphatic heterocycles. The fraction of sp³-hybridized carbons (Fsp3) is 0.0833. The van der Waals surface area contributed by atoms with Crippen LogP contribution in [0.25, 0.3) is 10.9 Å². The molecule has 0 spiro atoms. The number of phenolic OH excluding ortho intramolecular Hbond substituents is 2. The maximum Gasteiger partial charge on any atom is 0.341 e. The summed E-state index contributed by atoms with van der Waals surface area (Å²) in [6.45, 7) is -0.179. The van der Waals surface area contributed by atoms with Crippen LogP contribution in [0.15, 0.2) is 23.1 Å². The van der Waals surface area contributed by atoms with Crippen molar-refractivity contribution in [2.75, 3.05) is 0 Å². The average molecular weight is 263 g/mol. The molecular weight excluding hydrogens is 254 g/mol. The standard InChI is InChI=1S/C12H9NO6/c14-2-1-13-5-7(12(18)19)11(17)6-3-9(15)10(16)4-8(6)13/h2-5,15-16H,1H2,(H,18,19). The SMILES string of the molecule is O=CCn1cc(C(=O)O)c(=O)c2cc(O)c(O)cc21. The number of benzene rings is 1. The molecule has 1 aromatic carbocycles. The molecule has 0 atom stereocenters. The van der Waals surface area contributed by atoms with Gasteiger partial charge in [0.2, 0.25) is 5.43 Å². The van der Waals surface area contributed by atoms with Crippen LogP contribution in [0.1, 0.15) is 10.4 Å². The Balaban J connectivity index is 2.96. The first-order valence-electron chi connectivity index (χ1n) is 5.21. The van der Waals surface area contributed by atoms with Gasteiger partial charge in [-0.2, -0.15) is 0 Å². The number of fused-ring (bicyclic) bond motifs is 1. The zero-order chi connectivity index (χ0) is 14.2. The Morgan fingerprint density at radius 1 is 1.26 bits per heavy atom. The number of hydrogen-bond acceptors (Lipinski definition) is 5. The quantitative estimate of drug-likeness (QED) is 0.542. The van der Waals surface area contributed by atoms with Crippen molar-refractivity contribution in [1.82, 2.24) is 4.57 Å². The van der Waals surface area contributed by atoms with E-state index in [0.29, 0.717) is 6.29 Å². The van der Waals surface area contributed by atoms with Gasteiger partial charge in [-0.15, -0.1) is 0 Å². The molecule has 0 fully saturated rings. The maximum atomic E-state index is 11.9. The predicted molar refractivity (Wildman–Crippen MR) is 64.6 cm³/mol. The molecule has 19 heavy (non-hydrogen) atoms. The normalized spacial score (nSPS) is 10.5. The zero-order valence-corrected chi connectivity index (χ0v) is 9.53. The lowest BCUT2D eigenvalue weighted by Gasteiger charge is -2.10. The number of hydrogen-bond donors (Lipinski definition) is 3. The molecule has 2 aromatic rings. The smallest absolute Gasteiger partial charge is 0.341 e. The Kier molecular flexibility index (Phi) is 2.95. The summed E-state index contributed by atoms with van der Waals surface area (Å²) in [6.07, 6.45) is 1.55. The molecule has 0 radical (unpaired) electrons. The molecule has 7 heteroatoms. The number of pyridine rings is 1. The van der Waals surface area contributed by atoms with Crippen molar-refractivity contribution in [1.29, 1.82) is 0 Å². The van der Waals surface area contributed by atoms with Crippen LogP contribution in [0.4, 0.5) is 0 Å². The Labute approximate surface area is 106 Å². The fourth-order valence-corrected chi connectivity index (χ4v) is 1.80. The van der Waals surface area contributed by atoms with Crippen LogP contribution in [0.2, 0.25) is 0 Å². The molecule has 0 amide bonds. The summed E-state index contributed by atoms with van der Waals surface area (Å²) in [6, 6.07) is 2.07. The molecule has 1 aromatic heterocycles. The van der Waals surface area contributed by atoms with E-state index < -0.39 is 28.5 Å². The molecule has 0 bridgehead atoms. The highest BCUT2D eigenvalue weighted by Crippen LogP contribution is 2.28. The third kappa shape index (κ3) is 2.01. The predicted octanol–water partition coefficient (Wildman–Crippen LogP) is 0.310. The number of rotatable bonds is 3. The average Bonchev–Trinajstić information content (AvgIpc) is 2.35. The lowest BCUT2D eigenvalue weighted by Crippen LogP contribution is -2.19. The van der Waals surface area contributed by atoms with Crippen LogP contribution in [0, 0.1) is 0 Å². The number of carboxylic acid groups (broad SMARTS) is 1. The van der Waals surface area contributed by atoms with Crippen molar-refractivity contribution >= 4 is 23.2 Å². The number of aldehydes is 1. The van der Waals surface area contributed by atoms with Gasteiger partial charge in [0.05, 0.1) is 17.4 Å². The van der Waals surface area contributed by atoms with E-state index in [9.17, 15) is 24.6 Å². The zero-order valence-electron chi connectivity index (χ0n) is 9.53. The molecule has 7 nitrogen and oxygen atoms in total. The first-order valence-corrected chi connectivity index (χ1v) is 5.21. The highest BCUT2D eigenvalue weighted by Gasteiger charge is 2.16. The monoisotopic (exact) mass is 263 g/mol. The summed E-state index contributed by atoms with van der Waals surface area (Å²) >= 11 is 0.